The SMILES string of the molecule is CC(=NNS(=O)(=O)c1ccc2ccccc2c1)c1cccc(NC(=O)c2ccncc2)c1. The highest BCUT2D eigenvalue weighted by Crippen LogP contribution is 2.19. The second kappa shape index (κ2) is 8.99. The van der Waals surface area contributed by atoms with Gasteiger partial charge in [0.05, 0.1) is 10.6 Å². The van der Waals surface area contributed by atoms with Gasteiger partial charge in [0.15, 0.2) is 0 Å². The lowest BCUT2D eigenvalue weighted by molar-refractivity contribution is 0.102. The Hall–Kier alpha value is -4.04. The van der Waals surface area contributed by atoms with Crippen molar-refractivity contribution in [1.29, 1.82) is 0 Å². The van der Waals surface area contributed by atoms with Gasteiger partial charge in [-0.3, -0.25) is 9.78 Å². The zero-order valence-electron chi connectivity index (χ0n) is 17.2. The van der Waals surface area contributed by atoms with Crippen LogP contribution in [0.2, 0.25) is 0 Å². The Morgan fingerprint density at radius 3 is 2.38 bits per heavy atom. The van der Waals surface area contributed by atoms with Crippen molar-refractivity contribution in [1.82, 2.24) is 9.82 Å². The van der Waals surface area contributed by atoms with Crippen LogP contribution >= 0.6 is 0 Å². The van der Waals surface area contributed by atoms with Crippen molar-refractivity contribution >= 4 is 38.1 Å². The molecule has 0 atom stereocenters. The molecule has 0 fully saturated rings. The van der Waals surface area contributed by atoms with E-state index in [1.54, 1.807) is 73.9 Å². The van der Waals surface area contributed by atoms with E-state index >= 15 is 0 Å². The van der Waals surface area contributed by atoms with Gasteiger partial charge >= 0.3 is 0 Å². The molecule has 2 N–H and O–H groups in total. The summed E-state index contributed by atoms with van der Waals surface area (Å²) in [5.74, 6) is -0.267. The molecule has 0 radical (unpaired) electrons. The van der Waals surface area contributed by atoms with E-state index < -0.39 is 10.0 Å². The third kappa shape index (κ3) is 4.81. The number of amides is 1. The summed E-state index contributed by atoms with van der Waals surface area (Å²) in [7, 11) is -3.83. The predicted molar refractivity (Wildman–Crippen MR) is 125 cm³/mol. The molecular weight excluding hydrogens is 424 g/mol. The molecule has 0 aliphatic heterocycles. The maximum absolute atomic E-state index is 12.7. The fourth-order valence-corrected chi connectivity index (χ4v) is 4.00. The van der Waals surface area contributed by atoms with Crippen LogP contribution in [0, 0.1) is 0 Å². The minimum absolute atomic E-state index is 0.131. The summed E-state index contributed by atoms with van der Waals surface area (Å²) in [6, 6.07) is 22.7. The van der Waals surface area contributed by atoms with Crippen LogP contribution < -0.4 is 10.1 Å². The fourth-order valence-electron chi connectivity index (χ4n) is 3.11. The number of rotatable bonds is 6. The van der Waals surface area contributed by atoms with Crippen LogP contribution in [-0.2, 0) is 10.0 Å². The van der Waals surface area contributed by atoms with Gasteiger partial charge in [0.2, 0.25) is 0 Å². The number of aromatic nitrogens is 1. The van der Waals surface area contributed by atoms with E-state index in [1.807, 2.05) is 24.3 Å². The predicted octanol–water partition coefficient (Wildman–Crippen LogP) is 4.19. The Labute approximate surface area is 185 Å². The first kappa shape index (κ1) is 21.2. The molecule has 0 aliphatic carbocycles. The normalized spacial score (nSPS) is 11.8. The average Bonchev–Trinajstić information content (AvgIpc) is 2.83. The average molecular weight is 445 g/mol. The summed E-state index contributed by atoms with van der Waals surface area (Å²) in [4.78, 5) is 18.7. The van der Waals surface area contributed by atoms with Crippen molar-refractivity contribution in [3.8, 4) is 0 Å². The van der Waals surface area contributed by atoms with E-state index in [9.17, 15) is 13.2 Å². The Balaban J connectivity index is 1.51. The van der Waals surface area contributed by atoms with Gasteiger partial charge in [-0.25, -0.2) is 0 Å². The number of benzene rings is 3. The molecule has 0 unspecified atom stereocenters. The van der Waals surface area contributed by atoms with E-state index in [1.165, 1.54) is 0 Å². The maximum atomic E-state index is 12.7. The van der Waals surface area contributed by atoms with Crippen LogP contribution in [0.1, 0.15) is 22.8 Å². The quantitative estimate of drug-likeness (QED) is 0.344. The van der Waals surface area contributed by atoms with Gasteiger partial charge in [-0.1, -0.05) is 42.5 Å². The van der Waals surface area contributed by atoms with E-state index in [2.05, 4.69) is 20.2 Å². The molecule has 1 aromatic heterocycles. The number of sulfonamides is 1. The van der Waals surface area contributed by atoms with Gasteiger partial charge in [-0.15, -0.1) is 0 Å². The summed E-state index contributed by atoms with van der Waals surface area (Å²) in [5.41, 5.74) is 2.17. The number of carbonyl (C=O) groups excluding carboxylic acids is 1. The minimum Gasteiger partial charge on any atom is -0.322 e. The van der Waals surface area contributed by atoms with Crippen molar-refractivity contribution in [3.05, 3.63) is 102 Å². The first-order chi connectivity index (χ1) is 15.4. The van der Waals surface area contributed by atoms with Crippen molar-refractivity contribution in [2.24, 2.45) is 5.10 Å². The van der Waals surface area contributed by atoms with Crippen LogP contribution in [0.3, 0.4) is 0 Å². The zero-order chi connectivity index (χ0) is 22.6. The second-order valence-electron chi connectivity index (χ2n) is 7.07. The molecule has 0 spiro atoms. The van der Waals surface area contributed by atoms with E-state index in [-0.39, 0.29) is 10.8 Å². The number of nitrogens with one attached hydrogen (secondary N) is 2. The first-order valence-corrected chi connectivity index (χ1v) is 11.3. The Bertz CT molecular complexity index is 1420. The van der Waals surface area contributed by atoms with Gasteiger partial charge < -0.3 is 5.32 Å². The van der Waals surface area contributed by atoms with Gasteiger partial charge in [0.1, 0.15) is 0 Å². The molecular formula is C24H20N4O3S. The smallest absolute Gasteiger partial charge is 0.276 e. The van der Waals surface area contributed by atoms with Crippen molar-refractivity contribution < 1.29 is 13.2 Å². The number of hydrogen-bond acceptors (Lipinski definition) is 5. The molecule has 4 aromatic rings. The topological polar surface area (TPSA) is 101 Å². The highest BCUT2D eigenvalue weighted by Gasteiger charge is 2.14. The summed E-state index contributed by atoms with van der Waals surface area (Å²) in [6.45, 7) is 1.69. The van der Waals surface area contributed by atoms with Crippen LogP contribution in [-0.4, -0.2) is 25.0 Å². The highest BCUT2D eigenvalue weighted by molar-refractivity contribution is 7.89. The molecule has 0 aliphatic rings. The van der Waals surface area contributed by atoms with Gasteiger partial charge in [0, 0.05) is 23.6 Å². The lowest BCUT2D eigenvalue weighted by Gasteiger charge is -2.09. The lowest BCUT2D eigenvalue weighted by Crippen LogP contribution is -2.20. The summed E-state index contributed by atoms with van der Waals surface area (Å²) in [6.07, 6.45) is 3.09. The number of hydrogen-bond donors (Lipinski definition) is 2. The second-order valence-corrected chi connectivity index (χ2v) is 8.73. The summed E-state index contributed by atoms with van der Waals surface area (Å²) < 4.78 is 25.4. The standard InChI is InChI=1S/C24H20N4O3S/c1-17(20-7-4-8-22(15-20)26-24(29)19-11-13-25-14-12-19)27-28-32(30,31)23-10-9-18-5-2-3-6-21(18)16-23/h2-16,28H,1H3,(H,26,29). The van der Waals surface area contributed by atoms with Crippen LogP contribution in [0.15, 0.2) is 101 Å². The van der Waals surface area contributed by atoms with Gasteiger partial charge in [-0.2, -0.15) is 18.4 Å². The van der Waals surface area contributed by atoms with Crippen molar-refractivity contribution in [2.75, 3.05) is 5.32 Å². The molecule has 3 aromatic carbocycles. The number of carbonyl (C=O) groups is 1. The Morgan fingerprint density at radius 1 is 0.844 bits per heavy atom. The number of fused-ring (bicyclic) bond motifs is 1. The molecule has 160 valence electrons. The molecule has 7 nitrogen and oxygen atoms in total. The van der Waals surface area contributed by atoms with Crippen LogP contribution in [0.25, 0.3) is 10.8 Å². The first-order valence-electron chi connectivity index (χ1n) is 9.79. The van der Waals surface area contributed by atoms with Gasteiger partial charge in [0.25, 0.3) is 15.9 Å². The number of hydrazone groups is 1. The van der Waals surface area contributed by atoms with E-state index in [0.29, 0.717) is 22.5 Å². The van der Waals surface area contributed by atoms with Crippen molar-refractivity contribution in [2.45, 2.75) is 11.8 Å². The Morgan fingerprint density at radius 2 is 1.59 bits per heavy atom. The zero-order valence-corrected chi connectivity index (χ0v) is 18.0. The third-order valence-corrected chi connectivity index (χ3v) is 6.05. The number of anilines is 1. The Kier molecular flexibility index (Phi) is 5.96. The molecule has 8 heteroatoms. The molecule has 1 heterocycles. The van der Waals surface area contributed by atoms with E-state index in [4.69, 9.17) is 0 Å². The summed E-state index contributed by atoms with van der Waals surface area (Å²) in [5, 5.41) is 8.65. The molecule has 32 heavy (non-hydrogen) atoms. The van der Waals surface area contributed by atoms with Crippen LogP contribution in [0.4, 0.5) is 5.69 Å². The monoisotopic (exact) mass is 444 g/mol. The van der Waals surface area contributed by atoms with Crippen LogP contribution in [0.5, 0.6) is 0 Å². The molecule has 4 rings (SSSR count). The van der Waals surface area contributed by atoms with Gasteiger partial charge in [-0.05, 0) is 59.7 Å². The minimum atomic E-state index is -3.83. The molecule has 0 saturated heterocycles. The molecule has 0 saturated carbocycles. The fraction of sp³-hybridized carbons (Fsp3) is 0.0417. The number of pyridine rings is 1. The lowest BCUT2D eigenvalue weighted by atomic mass is 10.1. The third-order valence-electron chi connectivity index (χ3n) is 4.85. The van der Waals surface area contributed by atoms with E-state index in [0.717, 1.165) is 10.8 Å². The summed E-state index contributed by atoms with van der Waals surface area (Å²) >= 11 is 0. The highest BCUT2D eigenvalue weighted by atomic mass is 32.2. The maximum Gasteiger partial charge on any atom is 0.276 e. The largest absolute Gasteiger partial charge is 0.322 e. The molecule has 0 bridgehead atoms. The van der Waals surface area contributed by atoms with Crippen molar-refractivity contribution in [3.63, 3.8) is 0 Å². The molecule has 1 amide bonds. The number of nitrogens with zero attached hydrogens (tertiary/aromatic N) is 2.